The van der Waals surface area contributed by atoms with Gasteiger partial charge in [0.2, 0.25) is 0 Å². The Bertz CT molecular complexity index is 898. The van der Waals surface area contributed by atoms with Gasteiger partial charge >= 0.3 is 0 Å². The second-order valence-corrected chi connectivity index (χ2v) is 7.86. The Morgan fingerprint density at radius 2 is 1.61 bits per heavy atom. The molecule has 0 bridgehead atoms. The topological polar surface area (TPSA) is 35.9 Å². The molecular weight excluding hydrogens is 366 g/mol. The van der Waals surface area contributed by atoms with Gasteiger partial charge in [0.25, 0.3) is 5.91 Å². The highest BCUT2D eigenvalue weighted by Crippen LogP contribution is 2.29. The van der Waals surface area contributed by atoms with Crippen molar-refractivity contribution in [3.05, 3.63) is 88.8 Å². The quantitative estimate of drug-likeness (QED) is 0.740. The van der Waals surface area contributed by atoms with Crippen LogP contribution in [0.5, 0.6) is 0 Å². The monoisotopic (exact) mass is 389 g/mol. The average Bonchev–Trinajstić information content (AvgIpc) is 3.11. The number of piperazine rings is 1. The lowest BCUT2D eigenvalue weighted by Gasteiger charge is -2.35. The summed E-state index contributed by atoms with van der Waals surface area (Å²) in [6.07, 6.45) is 5.79. The minimum absolute atomic E-state index is 0.135. The largest absolute Gasteiger partial charge is 0.348 e. The Hall–Kier alpha value is -2.63. The Balaban J connectivity index is 1.30. The van der Waals surface area contributed by atoms with Crippen molar-refractivity contribution in [2.45, 2.75) is 6.54 Å². The second kappa shape index (κ2) is 9.04. The third-order valence-electron chi connectivity index (χ3n) is 4.84. The first-order chi connectivity index (χ1) is 13.8. The molecular formula is C23H23N3OS. The van der Waals surface area contributed by atoms with Crippen molar-refractivity contribution in [2.24, 2.45) is 4.99 Å². The molecule has 1 fully saturated rings. The first-order valence-corrected chi connectivity index (χ1v) is 10.3. The molecule has 2 aliphatic rings. The molecule has 0 saturated carbocycles. The minimum Gasteiger partial charge on any atom is -0.348 e. The van der Waals surface area contributed by atoms with Gasteiger partial charge in [0.15, 0.2) is 5.17 Å². The summed E-state index contributed by atoms with van der Waals surface area (Å²) in [4.78, 5) is 21.9. The fourth-order valence-electron chi connectivity index (χ4n) is 3.30. The van der Waals surface area contributed by atoms with Gasteiger partial charge < -0.3 is 4.90 Å². The van der Waals surface area contributed by atoms with Gasteiger partial charge in [0, 0.05) is 32.7 Å². The molecule has 2 heterocycles. The van der Waals surface area contributed by atoms with Gasteiger partial charge in [-0.1, -0.05) is 72.8 Å². The van der Waals surface area contributed by atoms with Crippen LogP contribution in [0.1, 0.15) is 11.1 Å². The van der Waals surface area contributed by atoms with Gasteiger partial charge in [0.05, 0.1) is 4.91 Å². The standard InChI is InChI=1S/C23H23N3OS/c27-22-21(13-7-12-19-8-3-1-4-9-19)28-23(24-22)26-16-14-25(15-17-26)18-20-10-5-2-6-11-20/h1-13H,14-18H2/b12-7+,21-13-. The SMILES string of the molecule is O=C1N=C(N2CCN(Cc3ccccc3)CC2)S/C1=C\C=C\c1ccccc1. The van der Waals surface area contributed by atoms with E-state index in [0.717, 1.165) is 43.5 Å². The van der Waals surface area contributed by atoms with E-state index in [4.69, 9.17) is 0 Å². The number of benzene rings is 2. The van der Waals surface area contributed by atoms with Crippen LogP contribution >= 0.6 is 11.8 Å². The van der Waals surface area contributed by atoms with Gasteiger partial charge in [-0.05, 0) is 29.0 Å². The van der Waals surface area contributed by atoms with Crippen molar-refractivity contribution < 1.29 is 4.79 Å². The van der Waals surface area contributed by atoms with E-state index in [1.165, 1.54) is 17.3 Å². The van der Waals surface area contributed by atoms with Gasteiger partial charge in [-0.3, -0.25) is 9.69 Å². The smallest absolute Gasteiger partial charge is 0.286 e. The molecule has 0 atom stereocenters. The van der Waals surface area contributed by atoms with Crippen LogP contribution in [0, 0.1) is 0 Å². The number of hydrogen-bond donors (Lipinski definition) is 0. The van der Waals surface area contributed by atoms with Crippen molar-refractivity contribution in [3.63, 3.8) is 0 Å². The van der Waals surface area contributed by atoms with Crippen molar-refractivity contribution in [1.82, 2.24) is 9.80 Å². The van der Waals surface area contributed by atoms with Crippen molar-refractivity contribution >= 4 is 28.9 Å². The average molecular weight is 390 g/mol. The lowest BCUT2D eigenvalue weighted by Crippen LogP contribution is -2.47. The number of aliphatic imine (C=N–C) groups is 1. The van der Waals surface area contributed by atoms with E-state index < -0.39 is 0 Å². The van der Waals surface area contributed by atoms with Crippen LogP contribution in [0.2, 0.25) is 0 Å². The molecule has 4 nitrogen and oxygen atoms in total. The highest BCUT2D eigenvalue weighted by atomic mass is 32.2. The Kier molecular flexibility index (Phi) is 6.04. The van der Waals surface area contributed by atoms with E-state index in [1.807, 2.05) is 54.6 Å². The van der Waals surface area contributed by atoms with Crippen molar-refractivity contribution in [3.8, 4) is 0 Å². The first-order valence-electron chi connectivity index (χ1n) is 9.53. The van der Waals surface area contributed by atoms with E-state index in [2.05, 4.69) is 39.1 Å². The fraction of sp³-hybridized carbons (Fsp3) is 0.217. The molecule has 0 unspecified atom stereocenters. The molecule has 4 rings (SSSR count). The van der Waals surface area contributed by atoms with Gasteiger partial charge in [0.1, 0.15) is 0 Å². The summed E-state index contributed by atoms with van der Waals surface area (Å²) in [7, 11) is 0. The van der Waals surface area contributed by atoms with Gasteiger partial charge in [-0.15, -0.1) is 0 Å². The third-order valence-corrected chi connectivity index (χ3v) is 5.90. The molecule has 0 N–H and O–H groups in total. The van der Waals surface area contributed by atoms with Gasteiger partial charge in [-0.2, -0.15) is 4.99 Å². The van der Waals surface area contributed by atoms with E-state index >= 15 is 0 Å². The van der Waals surface area contributed by atoms with Crippen LogP contribution in [0.15, 0.2) is 82.7 Å². The van der Waals surface area contributed by atoms with E-state index in [9.17, 15) is 4.79 Å². The molecule has 1 amide bonds. The van der Waals surface area contributed by atoms with Crippen LogP contribution in [-0.4, -0.2) is 47.1 Å². The van der Waals surface area contributed by atoms with Crippen LogP contribution < -0.4 is 0 Å². The maximum atomic E-state index is 12.2. The Morgan fingerprint density at radius 1 is 0.929 bits per heavy atom. The number of carbonyl (C=O) groups excluding carboxylic acids is 1. The number of thioether (sulfide) groups is 1. The predicted octanol–water partition coefficient (Wildman–Crippen LogP) is 4.03. The first kappa shape index (κ1) is 18.7. The summed E-state index contributed by atoms with van der Waals surface area (Å²) in [5, 5.41) is 0.837. The normalized spacial score (nSPS) is 19.6. The molecule has 1 saturated heterocycles. The number of allylic oxidation sites excluding steroid dienone is 2. The summed E-state index contributed by atoms with van der Waals surface area (Å²) >= 11 is 1.48. The van der Waals surface area contributed by atoms with Crippen LogP contribution in [0.25, 0.3) is 6.08 Å². The highest BCUT2D eigenvalue weighted by Gasteiger charge is 2.28. The van der Waals surface area contributed by atoms with E-state index in [1.54, 1.807) is 0 Å². The Morgan fingerprint density at radius 3 is 2.32 bits per heavy atom. The maximum Gasteiger partial charge on any atom is 0.286 e. The third kappa shape index (κ3) is 4.80. The predicted molar refractivity (Wildman–Crippen MR) is 117 cm³/mol. The summed E-state index contributed by atoms with van der Waals surface area (Å²) in [5.74, 6) is -0.135. The molecule has 2 aliphatic heterocycles. The van der Waals surface area contributed by atoms with Crippen LogP contribution in [0.4, 0.5) is 0 Å². The zero-order valence-corrected chi connectivity index (χ0v) is 16.5. The zero-order valence-electron chi connectivity index (χ0n) is 15.7. The zero-order chi connectivity index (χ0) is 19.2. The van der Waals surface area contributed by atoms with Crippen LogP contribution in [-0.2, 0) is 11.3 Å². The lowest BCUT2D eigenvalue weighted by atomic mass is 10.2. The van der Waals surface area contributed by atoms with Crippen LogP contribution in [0.3, 0.4) is 0 Å². The van der Waals surface area contributed by atoms with Gasteiger partial charge in [-0.25, -0.2) is 0 Å². The summed E-state index contributed by atoms with van der Waals surface area (Å²) < 4.78 is 0. The number of carbonyl (C=O) groups is 1. The summed E-state index contributed by atoms with van der Waals surface area (Å²) in [6, 6.07) is 20.6. The van der Waals surface area contributed by atoms with E-state index in [-0.39, 0.29) is 5.91 Å². The molecule has 0 aromatic heterocycles. The number of rotatable bonds is 4. The maximum absolute atomic E-state index is 12.2. The molecule has 0 spiro atoms. The van der Waals surface area contributed by atoms with Crippen molar-refractivity contribution in [2.75, 3.05) is 26.2 Å². The molecule has 28 heavy (non-hydrogen) atoms. The highest BCUT2D eigenvalue weighted by molar-refractivity contribution is 8.18. The van der Waals surface area contributed by atoms with Crippen molar-refractivity contribution in [1.29, 1.82) is 0 Å². The van der Waals surface area contributed by atoms with E-state index in [0.29, 0.717) is 4.91 Å². The molecule has 0 radical (unpaired) electrons. The number of amides is 1. The fourth-order valence-corrected chi connectivity index (χ4v) is 4.21. The number of amidine groups is 1. The molecule has 5 heteroatoms. The molecule has 2 aromatic carbocycles. The second-order valence-electron chi connectivity index (χ2n) is 6.85. The Labute approximate surface area is 170 Å². The molecule has 0 aliphatic carbocycles. The summed E-state index contributed by atoms with van der Waals surface area (Å²) in [6.45, 7) is 4.74. The summed E-state index contributed by atoms with van der Waals surface area (Å²) in [5.41, 5.74) is 2.46. The molecule has 142 valence electrons. The molecule has 2 aromatic rings. The minimum atomic E-state index is -0.135. The number of nitrogens with zero attached hydrogens (tertiary/aromatic N) is 3. The lowest BCUT2D eigenvalue weighted by molar-refractivity contribution is -0.113. The number of hydrogen-bond acceptors (Lipinski definition) is 4.